The number of benzene rings is 1. The molecule has 0 unspecified atom stereocenters. The lowest BCUT2D eigenvalue weighted by Gasteiger charge is -2.48. The van der Waals surface area contributed by atoms with Crippen molar-refractivity contribution >= 4 is 17.5 Å². The molecule has 8 nitrogen and oxygen atoms in total. The summed E-state index contributed by atoms with van der Waals surface area (Å²) >= 11 is 5.99. The average Bonchev–Trinajstić information content (AvgIpc) is 3.47. The van der Waals surface area contributed by atoms with Gasteiger partial charge in [0, 0.05) is 29.0 Å². The molecule has 1 amide bonds. The summed E-state index contributed by atoms with van der Waals surface area (Å²) in [6, 6.07) is 4.95. The van der Waals surface area contributed by atoms with E-state index >= 15 is 0 Å². The third kappa shape index (κ3) is 4.94. The van der Waals surface area contributed by atoms with E-state index in [1.54, 1.807) is 24.4 Å². The second-order valence-electron chi connectivity index (χ2n) is 9.50. The van der Waals surface area contributed by atoms with E-state index in [0.29, 0.717) is 34.9 Å². The van der Waals surface area contributed by atoms with E-state index < -0.39 is 25.2 Å². The first kappa shape index (κ1) is 24.2. The van der Waals surface area contributed by atoms with Crippen molar-refractivity contribution < 1.29 is 37.3 Å². The van der Waals surface area contributed by atoms with Crippen LogP contribution in [0.4, 0.5) is 13.2 Å². The number of nitrogens with one attached hydrogen (secondary N) is 1. The molecule has 2 atom stereocenters. The molecule has 0 spiro atoms. The number of rotatable bonds is 8. The molecule has 3 fully saturated rings. The van der Waals surface area contributed by atoms with Crippen molar-refractivity contribution in [1.29, 1.82) is 0 Å². The number of amides is 1. The molecule has 190 valence electrons. The maximum atomic E-state index is 13.0. The number of ether oxygens (including phenoxy) is 3. The fourth-order valence-electron chi connectivity index (χ4n) is 5.46. The molecule has 1 aromatic carbocycles. The van der Waals surface area contributed by atoms with E-state index in [4.69, 9.17) is 21.1 Å². The van der Waals surface area contributed by atoms with Gasteiger partial charge in [0.15, 0.2) is 11.9 Å². The van der Waals surface area contributed by atoms with Gasteiger partial charge in [-0.15, -0.1) is 13.2 Å². The van der Waals surface area contributed by atoms with Gasteiger partial charge in [0.25, 0.3) is 5.91 Å². The van der Waals surface area contributed by atoms with Gasteiger partial charge in [-0.3, -0.25) is 14.2 Å². The van der Waals surface area contributed by atoms with Gasteiger partial charge >= 0.3 is 6.36 Å². The Labute approximate surface area is 204 Å². The minimum atomic E-state index is -4.64. The summed E-state index contributed by atoms with van der Waals surface area (Å²) in [5.41, 5.74) is -0.00849. The van der Waals surface area contributed by atoms with Gasteiger partial charge in [-0.05, 0) is 43.9 Å². The number of nitrogens with zero attached hydrogens (tertiary/aromatic N) is 2. The fourth-order valence-corrected chi connectivity index (χ4v) is 5.64. The normalized spacial score (nSPS) is 29.2. The van der Waals surface area contributed by atoms with E-state index in [-0.39, 0.29) is 36.4 Å². The number of alkyl halides is 3. The maximum Gasteiger partial charge on any atom is 0.522 e. The fraction of sp³-hybridized carbons (Fsp3) is 0.565. The van der Waals surface area contributed by atoms with Crippen LogP contribution in [0.2, 0.25) is 5.02 Å². The SMILES string of the molecule is O=C(NC12CCC(n3cc(OCCCOC(F)(F)F)cn3)(C1)C2)[C@H]1C[C@@H](O)c2cc(Cl)ccc2O1. The zero-order valence-electron chi connectivity index (χ0n) is 18.7. The van der Waals surface area contributed by atoms with Crippen LogP contribution in [0.5, 0.6) is 11.5 Å². The first-order valence-corrected chi connectivity index (χ1v) is 11.8. The van der Waals surface area contributed by atoms with Crippen LogP contribution in [-0.4, -0.2) is 52.0 Å². The van der Waals surface area contributed by atoms with Gasteiger partial charge in [0.1, 0.15) is 5.75 Å². The van der Waals surface area contributed by atoms with Crippen LogP contribution in [-0.2, 0) is 15.1 Å². The number of aromatic nitrogens is 2. The van der Waals surface area contributed by atoms with Crippen molar-refractivity contribution in [1.82, 2.24) is 15.1 Å². The largest absolute Gasteiger partial charge is 0.522 e. The van der Waals surface area contributed by atoms with Gasteiger partial charge in [-0.2, -0.15) is 5.10 Å². The molecule has 4 aliphatic rings. The van der Waals surface area contributed by atoms with E-state index in [1.165, 1.54) is 6.20 Å². The molecule has 2 aromatic rings. The molecule has 2 N–H and O–H groups in total. The zero-order chi connectivity index (χ0) is 24.8. The molecule has 2 heterocycles. The number of aliphatic hydroxyl groups is 1. The van der Waals surface area contributed by atoms with Crippen LogP contribution in [0.1, 0.15) is 50.2 Å². The quantitative estimate of drug-likeness (QED) is 0.518. The standard InChI is InChI=1S/C23H25ClF3N3O5/c24-14-2-3-18-16(8-14)17(31)9-19(35-18)20(32)29-21-4-5-22(12-21,13-21)30-11-15(10-28-30)33-6-1-7-34-23(25,26)27/h2-3,8,10-11,17,19,31H,1,4-7,9,12-13H2,(H,29,32)/t17-,19-,21?,22?/m1/s1. The Morgan fingerprint density at radius 3 is 2.89 bits per heavy atom. The second kappa shape index (κ2) is 8.86. The van der Waals surface area contributed by atoms with Crippen molar-refractivity contribution in [2.45, 2.75) is 68.2 Å². The van der Waals surface area contributed by atoms with Crippen LogP contribution in [0, 0.1) is 0 Å². The number of fused-ring (bicyclic) bond motifs is 2. The van der Waals surface area contributed by atoms with E-state index in [2.05, 4.69) is 15.2 Å². The Morgan fingerprint density at radius 2 is 2.11 bits per heavy atom. The summed E-state index contributed by atoms with van der Waals surface area (Å²) in [6.45, 7) is -0.387. The summed E-state index contributed by atoms with van der Waals surface area (Å²) in [5, 5.41) is 18.5. The average molecular weight is 516 g/mol. The molecule has 0 saturated heterocycles. The van der Waals surface area contributed by atoms with Crippen LogP contribution < -0.4 is 14.8 Å². The highest BCUT2D eigenvalue weighted by Crippen LogP contribution is 2.59. The summed E-state index contributed by atoms with van der Waals surface area (Å²) in [4.78, 5) is 13.0. The van der Waals surface area contributed by atoms with Crippen LogP contribution in [0.25, 0.3) is 0 Å². The predicted molar refractivity (Wildman–Crippen MR) is 117 cm³/mol. The van der Waals surface area contributed by atoms with E-state index in [9.17, 15) is 23.1 Å². The number of hydrogen-bond acceptors (Lipinski definition) is 6. The maximum absolute atomic E-state index is 13.0. The summed E-state index contributed by atoms with van der Waals surface area (Å²) < 4.78 is 52.9. The monoisotopic (exact) mass is 515 g/mol. The number of hydrogen-bond donors (Lipinski definition) is 2. The van der Waals surface area contributed by atoms with Crippen molar-refractivity contribution in [3.63, 3.8) is 0 Å². The molecule has 3 aliphatic carbocycles. The minimum absolute atomic E-state index is 0.0807. The highest BCUT2D eigenvalue weighted by Gasteiger charge is 2.63. The molecule has 12 heteroatoms. The molecule has 1 aromatic heterocycles. The van der Waals surface area contributed by atoms with Gasteiger partial charge in [-0.25, -0.2) is 0 Å². The lowest BCUT2D eigenvalue weighted by atomic mass is 9.71. The summed E-state index contributed by atoms with van der Waals surface area (Å²) in [6.07, 6.45) is 0.263. The highest BCUT2D eigenvalue weighted by molar-refractivity contribution is 6.30. The smallest absolute Gasteiger partial charge is 0.490 e. The Balaban J connectivity index is 1.13. The molecule has 1 aliphatic heterocycles. The van der Waals surface area contributed by atoms with E-state index in [0.717, 1.165) is 12.8 Å². The Morgan fingerprint density at radius 1 is 1.31 bits per heavy atom. The second-order valence-corrected chi connectivity index (χ2v) is 9.94. The van der Waals surface area contributed by atoms with Crippen LogP contribution in [0.3, 0.4) is 0 Å². The van der Waals surface area contributed by atoms with Crippen LogP contribution in [0.15, 0.2) is 30.6 Å². The lowest BCUT2D eigenvalue weighted by molar-refractivity contribution is -0.324. The van der Waals surface area contributed by atoms with Crippen molar-refractivity contribution in [3.8, 4) is 11.5 Å². The van der Waals surface area contributed by atoms with Gasteiger partial charge in [0.05, 0.1) is 37.3 Å². The van der Waals surface area contributed by atoms with Crippen LogP contribution >= 0.6 is 11.6 Å². The minimum Gasteiger partial charge on any atom is -0.490 e. The van der Waals surface area contributed by atoms with Gasteiger partial charge in [-0.1, -0.05) is 11.6 Å². The molecule has 35 heavy (non-hydrogen) atoms. The first-order chi connectivity index (χ1) is 16.6. The molecule has 2 bridgehead atoms. The van der Waals surface area contributed by atoms with Gasteiger partial charge < -0.3 is 19.9 Å². The van der Waals surface area contributed by atoms with Crippen molar-refractivity contribution in [3.05, 3.63) is 41.2 Å². The topological polar surface area (TPSA) is 94.8 Å². The Bertz CT molecular complexity index is 1100. The zero-order valence-corrected chi connectivity index (χ0v) is 19.4. The number of aliphatic hydroxyl groups excluding tert-OH is 1. The summed E-state index contributed by atoms with van der Waals surface area (Å²) in [7, 11) is 0. The highest BCUT2D eigenvalue weighted by atomic mass is 35.5. The molecular formula is C23H25ClF3N3O5. The number of carbonyl (C=O) groups is 1. The van der Waals surface area contributed by atoms with E-state index in [1.807, 2.05) is 4.68 Å². The number of halogens is 4. The van der Waals surface area contributed by atoms with Crippen molar-refractivity contribution in [2.75, 3.05) is 13.2 Å². The Hall–Kier alpha value is -2.50. The molecular weight excluding hydrogens is 491 g/mol. The summed E-state index contributed by atoms with van der Waals surface area (Å²) in [5.74, 6) is 0.670. The number of carbonyl (C=O) groups excluding carboxylic acids is 1. The third-order valence-corrected chi connectivity index (χ3v) is 7.23. The Kier molecular flexibility index (Phi) is 6.13. The predicted octanol–water partition coefficient (Wildman–Crippen LogP) is 3.86. The van der Waals surface area contributed by atoms with Gasteiger partial charge in [0.2, 0.25) is 0 Å². The molecule has 3 saturated carbocycles. The third-order valence-electron chi connectivity index (χ3n) is 6.99. The first-order valence-electron chi connectivity index (χ1n) is 11.4. The molecule has 6 rings (SSSR count). The van der Waals surface area contributed by atoms with Crippen molar-refractivity contribution in [2.24, 2.45) is 0 Å². The molecule has 0 radical (unpaired) electrons. The lowest BCUT2D eigenvalue weighted by Crippen LogP contribution is -2.61.